The highest BCUT2D eigenvalue weighted by Crippen LogP contribution is 2.16. The van der Waals surface area contributed by atoms with E-state index in [-0.39, 0.29) is 10.5 Å². The Kier molecular flexibility index (Phi) is 5.01. The summed E-state index contributed by atoms with van der Waals surface area (Å²) < 4.78 is 25.3. The number of anilines is 1. The maximum absolute atomic E-state index is 12.3. The van der Waals surface area contributed by atoms with Gasteiger partial charge in [0.1, 0.15) is 0 Å². The van der Waals surface area contributed by atoms with E-state index in [9.17, 15) is 18.0 Å². The Bertz CT molecular complexity index is 874. The van der Waals surface area contributed by atoms with Crippen LogP contribution in [-0.2, 0) is 10.0 Å². The molecule has 2 amide bonds. The molecule has 0 unspecified atom stereocenters. The first-order valence-corrected chi connectivity index (χ1v) is 8.39. The fraction of sp³-hybridized carbons (Fsp3) is 0.125. The van der Waals surface area contributed by atoms with Crippen LogP contribution in [0, 0.1) is 0 Å². The van der Waals surface area contributed by atoms with Gasteiger partial charge in [-0.15, -0.1) is 0 Å². The molecule has 7 nitrogen and oxygen atoms in total. The number of carbonyl (C=O) groups is 2. The number of hydrogen-bond donors (Lipinski definition) is 2. The number of carbonyl (C=O) groups excluding carboxylic acids is 2. The van der Waals surface area contributed by atoms with Gasteiger partial charge in [0.2, 0.25) is 15.9 Å². The lowest BCUT2D eigenvalue weighted by atomic mass is 10.2. The largest absolute Gasteiger partial charge is 0.366 e. The second kappa shape index (κ2) is 6.81. The SMILES string of the molecule is CN(C)S(=O)(=O)c1cccc(C(=O)Nc2ccc(C(N)=O)cc2)c1. The van der Waals surface area contributed by atoms with Gasteiger partial charge in [-0.3, -0.25) is 9.59 Å². The smallest absolute Gasteiger partial charge is 0.255 e. The lowest BCUT2D eigenvalue weighted by Gasteiger charge is -2.12. The van der Waals surface area contributed by atoms with Gasteiger partial charge in [0.25, 0.3) is 5.91 Å². The summed E-state index contributed by atoms with van der Waals surface area (Å²) in [5.41, 5.74) is 6.15. The maximum Gasteiger partial charge on any atom is 0.255 e. The van der Waals surface area contributed by atoms with E-state index in [1.807, 2.05) is 0 Å². The molecule has 2 aromatic rings. The van der Waals surface area contributed by atoms with Crippen LogP contribution in [0.5, 0.6) is 0 Å². The van der Waals surface area contributed by atoms with Crippen molar-refractivity contribution >= 4 is 27.5 Å². The Morgan fingerprint density at radius 2 is 1.62 bits per heavy atom. The number of nitrogens with zero attached hydrogens (tertiary/aromatic N) is 1. The highest BCUT2D eigenvalue weighted by atomic mass is 32.2. The summed E-state index contributed by atoms with van der Waals surface area (Å²) in [5, 5.41) is 2.63. The van der Waals surface area contributed by atoms with E-state index in [1.165, 1.54) is 50.5 Å². The van der Waals surface area contributed by atoms with Gasteiger partial charge < -0.3 is 11.1 Å². The van der Waals surface area contributed by atoms with Crippen molar-refractivity contribution in [3.05, 3.63) is 59.7 Å². The van der Waals surface area contributed by atoms with E-state index >= 15 is 0 Å². The summed E-state index contributed by atoms with van der Waals surface area (Å²) >= 11 is 0. The molecular formula is C16H17N3O4S. The van der Waals surface area contributed by atoms with Crippen LogP contribution >= 0.6 is 0 Å². The molecule has 126 valence electrons. The molecule has 0 heterocycles. The van der Waals surface area contributed by atoms with Crippen molar-refractivity contribution in [2.45, 2.75) is 4.90 Å². The highest BCUT2D eigenvalue weighted by molar-refractivity contribution is 7.89. The van der Waals surface area contributed by atoms with E-state index in [4.69, 9.17) is 5.73 Å². The summed E-state index contributed by atoms with van der Waals surface area (Å²) in [6, 6.07) is 11.8. The molecule has 0 aliphatic heterocycles. The molecule has 2 aromatic carbocycles. The zero-order valence-corrected chi connectivity index (χ0v) is 14.0. The molecule has 0 spiro atoms. The molecule has 8 heteroatoms. The molecule has 2 rings (SSSR count). The van der Waals surface area contributed by atoms with Crippen LogP contribution in [0.1, 0.15) is 20.7 Å². The number of nitrogens with one attached hydrogen (secondary N) is 1. The molecule has 0 bridgehead atoms. The fourth-order valence-corrected chi connectivity index (χ4v) is 2.88. The van der Waals surface area contributed by atoms with Crippen LogP contribution in [0.4, 0.5) is 5.69 Å². The average Bonchev–Trinajstić information content (AvgIpc) is 2.55. The molecule has 3 N–H and O–H groups in total. The molecule has 0 aliphatic carbocycles. The molecule has 0 aliphatic rings. The van der Waals surface area contributed by atoms with Crippen molar-refractivity contribution in [1.29, 1.82) is 0 Å². The molecule has 0 radical (unpaired) electrons. The van der Waals surface area contributed by atoms with E-state index in [0.717, 1.165) is 4.31 Å². The van der Waals surface area contributed by atoms with Gasteiger partial charge in [-0.05, 0) is 42.5 Å². The van der Waals surface area contributed by atoms with Crippen LogP contribution < -0.4 is 11.1 Å². The maximum atomic E-state index is 12.3. The van der Waals surface area contributed by atoms with Crippen molar-refractivity contribution in [2.75, 3.05) is 19.4 Å². The van der Waals surface area contributed by atoms with E-state index < -0.39 is 21.8 Å². The Morgan fingerprint density at radius 1 is 1.00 bits per heavy atom. The van der Waals surface area contributed by atoms with E-state index in [1.54, 1.807) is 12.1 Å². The third kappa shape index (κ3) is 3.79. The third-order valence-corrected chi connectivity index (χ3v) is 5.11. The van der Waals surface area contributed by atoms with E-state index in [0.29, 0.717) is 11.3 Å². The predicted octanol–water partition coefficient (Wildman–Crippen LogP) is 1.29. The number of amides is 2. The minimum absolute atomic E-state index is 0.0317. The van der Waals surface area contributed by atoms with Crippen molar-refractivity contribution in [3.63, 3.8) is 0 Å². The first-order valence-electron chi connectivity index (χ1n) is 6.95. The number of hydrogen-bond acceptors (Lipinski definition) is 4. The fourth-order valence-electron chi connectivity index (χ4n) is 1.93. The first kappa shape index (κ1) is 17.6. The number of rotatable bonds is 5. The minimum atomic E-state index is -3.62. The molecule has 0 saturated heterocycles. The Morgan fingerprint density at radius 3 is 2.17 bits per heavy atom. The van der Waals surface area contributed by atoms with Gasteiger partial charge >= 0.3 is 0 Å². The van der Waals surface area contributed by atoms with E-state index in [2.05, 4.69) is 5.32 Å². The van der Waals surface area contributed by atoms with Crippen LogP contribution in [0.25, 0.3) is 0 Å². The van der Waals surface area contributed by atoms with Crippen LogP contribution in [-0.4, -0.2) is 38.6 Å². The Labute approximate surface area is 140 Å². The molecule has 0 fully saturated rings. The summed E-state index contributed by atoms with van der Waals surface area (Å²) in [5.74, 6) is -1.02. The van der Waals surface area contributed by atoms with Crippen molar-refractivity contribution < 1.29 is 18.0 Å². The van der Waals surface area contributed by atoms with Gasteiger partial charge in [-0.2, -0.15) is 0 Å². The summed E-state index contributed by atoms with van der Waals surface area (Å²) in [7, 11) is -0.781. The van der Waals surface area contributed by atoms with Crippen LogP contribution in [0.3, 0.4) is 0 Å². The van der Waals surface area contributed by atoms with Gasteiger partial charge in [-0.25, -0.2) is 12.7 Å². The predicted molar refractivity (Wildman–Crippen MR) is 90.2 cm³/mol. The lowest BCUT2D eigenvalue weighted by Crippen LogP contribution is -2.22. The van der Waals surface area contributed by atoms with Crippen molar-refractivity contribution in [1.82, 2.24) is 4.31 Å². The second-order valence-electron chi connectivity index (χ2n) is 5.21. The topological polar surface area (TPSA) is 110 Å². The lowest BCUT2D eigenvalue weighted by molar-refractivity contribution is 0.0998. The summed E-state index contributed by atoms with van der Waals surface area (Å²) in [6.07, 6.45) is 0. The standard InChI is InChI=1S/C16H17N3O4S/c1-19(2)24(22,23)14-5-3-4-12(10-14)16(21)18-13-8-6-11(7-9-13)15(17)20/h3-10H,1-2H3,(H2,17,20)(H,18,21). The van der Waals surface area contributed by atoms with Crippen LogP contribution in [0.15, 0.2) is 53.4 Å². The van der Waals surface area contributed by atoms with Crippen molar-refractivity contribution in [3.8, 4) is 0 Å². The quantitative estimate of drug-likeness (QED) is 0.849. The third-order valence-electron chi connectivity index (χ3n) is 3.30. The first-order chi connectivity index (χ1) is 11.2. The molecular weight excluding hydrogens is 330 g/mol. The van der Waals surface area contributed by atoms with Gasteiger partial charge in [0.15, 0.2) is 0 Å². The van der Waals surface area contributed by atoms with Gasteiger partial charge in [-0.1, -0.05) is 6.07 Å². The second-order valence-corrected chi connectivity index (χ2v) is 7.36. The zero-order valence-electron chi connectivity index (χ0n) is 13.2. The normalized spacial score (nSPS) is 11.3. The summed E-state index contributed by atoms with van der Waals surface area (Å²) in [4.78, 5) is 23.3. The highest BCUT2D eigenvalue weighted by Gasteiger charge is 2.18. The van der Waals surface area contributed by atoms with Gasteiger partial charge in [0, 0.05) is 30.9 Å². The number of primary amides is 1. The van der Waals surface area contributed by atoms with Gasteiger partial charge in [0.05, 0.1) is 4.90 Å². The average molecular weight is 347 g/mol. The summed E-state index contributed by atoms with van der Waals surface area (Å²) in [6.45, 7) is 0. The monoisotopic (exact) mass is 347 g/mol. The number of nitrogens with two attached hydrogens (primary N) is 1. The minimum Gasteiger partial charge on any atom is -0.366 e. The molecule has 0 atom stereocenters. The number of sulfonamides is 1. The zero-order chi connectivity index (χ0) is 17.9. The van der Waals surface area contributed by atoms with Crippen molar-refractivity contribution in [2.24, 2.45) is 5.73 Å². The Hall–Kier alpha value is -2.71. The molecule has 0 aromatic heterocycles. The van der Waals surface area contributed by atoms with Crippen LogP contribution in [0.2, 0.25) is 0 Å². The number of benzene rings is 2. The molecule has 0 saturated carbocycles. The Balaban J connectivity index is 2.23. The molecule has 24 heavy (non-hydrogen) atoms.